The van der Waals surface area contributed by atoms with E-state index >= 15 is 0 Å². The Kier molecular flexibility index (Phi) is 6.04. The van der Waals surface area contributed by atoms with Crippen LogP contribution >= 0.6 is 0 Å². The number of likely N-dealkylation sites (tertiary alicyclic amines) is 1. The largest absolute Gasteiger partial charge is 0.481 e. The van der Waals surface area contributed by atoms with Gasteiger partial charge in [-0.2, -0.15) is 5.26 Å². The molecule has 0 spiro atoms. The molecule has 1 aromatic carbocycles. The molecule has 1 aliphatic rings. The van der Waals surface area contributed by atoms with Gasteiger partial charge in [0.1, 0.15) is 11.6 Å². The molecule has 1 aromatic rings. The third-order valence-electron chi connectivity index (χ3n) is 4.59. The number of para-hydroxylation sites is 1. The van der Waals surface area contributed by atoms with Crippen LogP contribution in [0.1, 0.15) is 39.2 Å². The molecule has 138 valence electrons. The van der Waals surface area contributed by atoms with Crippen molar-refractivity contribution in [3.8, 4) is 6.07 Å². The number of nitrogens with one attached hydrogen (secondary N) is 1. The predicted octanol–water partition coefficient (Wildman–Crippen LogP) is 3.13. The highest BCUT2D eigenvalue weighted by Gasteiger charge is 2.28. The number of nitriles is 1. The van der Waals surface area contributed by atoms with E-state index in [1.807, 2.05) is 30.3 Å². The van der Waals surface area contributed by atoms with Crippen molar-refractivity contribution in [2.45, 2.75) is 39.0 Å². The first-order chi connectivity index (χ1) is 12.2. The van der Waals surface area contributed by atoms with Gasteiger partial charge < -0.3 is 15.3 Å². The summed E-state index contributed by atoms with van der Waals surface area (Å²) in [6.45, 7) is 7.00. The number of piperidine rings is 1. The van der Waals surface area contributed by atoms with Gasteiger partial charge in [-0.15, -0.1) is 0 Å². The van der Waals surface area contributed by atoms with Gasteiger partial charge in [0, 0.05) is 25.0 Å². The van der Waals surface area contributed by atoms with Crippen molar-refractivity contribution in [1.29, 1.82) is 5.26 Å². The predicted molar refractivity (Wildman–Crippen MR) is 99.4 cm³/mol. The lowest BCUT2D eigenvalue weighted by Crippen LogP contribution is -2.40. The van der Waals surface area contributed by atoms with Crippen LogP contribution < -0.4 is 5.32 Å². The minimum atomic E-state index is -0.825. The first kappa shape index (κ1) is 19.5. The fraction of sp³-hybridized carbons (Fsp3) is 0.450. The summed E-state index contributed by atoms with van der Waals surface area (Å²) in [5.41, 5.74) is 1.88. The Morgan fingerprint density at radius 1 is 1.27 bits per heavy atom. The van der Waals surface area contributed by atoms with E-state index in [4.69, 9.17) is 5.11 Å². The molecular weight excluding hydrogens is 330 g/mol. The van der Waals surface area contributed by atoms with Crippen LogP contribution in [0.3, 0.4) is 0 Å². The zero-order valence-corrected chi connectivity index (χ0v) is 15.5. The lowest BCUT2D eigenvalue weighted by Gasteiger charge is -2.30. The number of carboxylic acids is 1. The van der Waals surface area contributed by atoms with E-state index in [1.165, 1.54) is 6.20 Å². The van der Waals surface area contributed by atoms with Crippen LogP contribution in [0, 0.1) is 17.2 Å². The fourth-order valence-electron chi connectivity index (χ4n) is 3.05. The molecule has 0 radical (unpaired) electrons. The molecule has 1 amide bonds. The van der Waals surface area contributed by atoms with Crippen LogP contribution in [-0.2, 0) is 15.0 Å². The van der Waals surface area contributed by atoms with Crippen molar-refractivity contribution in [3.05, 3.63) is 41.6 Å². The molecule has 0 saturated carbocycles. The topological polar surface area (TPSA) is 93.4 Å². The zero-order chi connectivity index (χ0) is 19.3. The summed E-state index contributed by atoms with van der Waals surface area (Å²) in [5.74, 6) is -1.60. The highest BCUT2D eigenvalue weighted by atomic mass is 16.4. The first-order valence-corrected chi connectivity index (χ1v) is 8.72. The van der Waals surface area contributed by atoms with E-state index in [0.29, 0.717) is 25.9 Å². The molecule has 26 heavy (non-hydrogen) atoms. The third kappa shape index (κ3) is 4.63. The van der Waals surface area contributed by atoms with E-state index in [2.05, 4.69) is 26.1 Å². The van der Waals surface area contributed by atoms with Crippen molar-refractivity contribution >= 4 is 17.6 Å². The van der Waals surface area contributed by atoms with Crippen molar-refractivity contribution in [2.75, 3.05) is 18.4 Å². The summed E-state index contributed by atoms with van der Waals surface area (Å²) in [6.07, 6.45) is 2.27. The molecule has 2 rings (SSSR count). The van der Waals surface area contributed by atoms with Gasteiger partial charge in [0.15, 0.2) is 0 Å². The smallest absolute Gasteiger partial charge is 0.306 e. The SMILES string of the molecule is CC(C)(C)c1ccccc1N/C=C(/C#N)C(=O)N1CCC(C(=O)O)CC1. The quantitative estimate of drug-likeness (QED) is 0.639. The van der Waals surface area contributed by atoms with Crippen molar-refractivity contribution in [2.24, 2.45) is 5.92 Å². The summed E-state index contributed by atoms with van der Waals surface area (Å²) in [6, 6.07) is 9.73. The summed E-state index contributed by atoms with van der Waals surface area (Å²) in [7, 11) is 0. The second-order valence-corrected chi connectivity index (χ2v) is 7.51. The first-order valence-electron chi connectivity index (χ1n) is 8.72. The molecule has 1 heterocycles. The van der Waals surface area contributed by atoms with Gasteiger partial charge in [0.25, 0.3) is 5.91 Å². The number of carbonyl (C=O) groups is 2. The summed E-state index contributed by atoms with van der Waals surface area (Å²) < 4.78 is 0. The van der Waals surface area contributed by atoms with E-state index in [-0.39, 0.29) is 16.9 Å². The number of nitrogens with zero attached hydrogens (tertiary/aromatic N) is 2. The van der Waals surface area contributed by atoms with Gasteiger partial charge >= 0.3 is 5.97 Å². The van der Waals surface area contributed by atoms with E-state index in [0.717, 1.165) is 11.3 Å². The number of aliphatic carboxylic acids is 1. The normalized spacial score (nSPS) is 16.1. The maximum Gasteiger partial charge on any atom is 0.306 e. The summed E-state index contributed by atoms with van der Waals surface area (Å²) in [4.78, 5) is 25.1. The van der Waals surface area contributed by atoms with E-state index < -0.39 is 11.9 Å². The highest BCUT2D eigenvalue weighted by molar-refractivity contribution is 5.97. The molecule has 1 aliphatic heterocycles. The lowest BCUT2D eigenvalue weighted by molar-refractivity contribution is -0.145. The summed E-state index contributed by atoms with van der Waals surface area (Å²) in [5, 5.41) is 21.5. The molecule has 0 bridgehead atoms. The average Bonchev–Trinajstić information content (AvgIpc) is 2.61. The maximum atomic E-state index is 12.6. The molecule has 1 saturated heterocycles. The Hall–Kier alpha value is -2.81. The van der Waals surface area contributed by atoms with Gasteiger partial charge in [-0.3, -0.25) is 9.59 Å². The Bertz CT molecular complexity index is 748. The Balaban J connectivity index is 2.11. The second kappa shape index (κ2) is 8.05. The number of carbonyl (C=O) groups excluding carboxylic acids is 1. The third-order valence-corrected chi connectivity index (χ3v) is 4.59. The van der Waals surface area contributed by atoms with E-state index in [1.54, 1.807) is 4.90 Å². The maximum absolute atomic E-state index is 12.6. The molecule has 2 N–H and O–H groups in total. The number of anilines is 1. The number of carboxylic acid groups (broad SMARTS) is 1. The zero-order valence-electron chi connectivity index (χ0n) is 15.5. The Morgan fingerprint density at radius 3 is 2.42 bits per heavy atom. The minimum Gasteiger partial charge on any atom is -0.481 e. The number of benzene rings is 1. The number of hydrogen-bond acceptors (Lipinski definition) is 4. The Labute approximate surface area is 154 Å². The van der Waals surface area contributed by atoms with Crippen LogP contribution in [0.4, 0.5) is 5.69 Å². The number of amides is 1. The van der Waals surface area contributed by atoms with Crippen LogP contribution in [0.25, 0.3) is 0 Å². The average molecular weight is 355 g/mol. The van der Waals surface area contributed by atoms with Crippen LogP contribution in [-0.4, -0.2) is 35.0 Å². The molecule has 0 aromatic heterocycles. The molecule has 6 nitrogen and oxygen atoms in total. The molecule has 0 aliphatic carbocycles. The van der Waals surface area contributed by atoms with Gasteiger partial charge in [-0.05, 0) is 29.9 Å². The van der Waals surface area contributed by atoms with Crippen LogP contribution in [0.5, 0.6) is 0 Å². The van der Waals surface area contributed by atoms with Gasteiger partial charge in [0.2, 0.25) is 0 Å². The molecule has 0 unspecified atom stereocenters. The van der Waals surface area contributed by atoms with Crippen LogP contribution in [0.15, 0.2) is 36.0 Å². The van der Waals surface area contributed by atoms with Gasteiger partial charge in [-0.1, -0.05) is 39.0 Å². The highest BCUT2D eigenvalue weighted by Crippen LogP contribution is 2.29. The Morgan fingerprint density at radius 2 is 1.88 bits per heavy atom. The molecule has 6 heteroatoms. The fourth-order valence-corrected chi connectivity index (χ4v) is 3.05. The van der Waals surface area contributed by atoms with Gasteiger partial charge in [-0.25, -0.2) is 0 Å². The lowest BCUT2D eigenvalue weighted by atomic mass is 9.86. The monoisotopic (exact) mass is 355 g/mol. The van der Waals surface area contributed by atoms with Crippen molar-refractivity contribution in [3.63, 3.8) is 0 Å². The number of rotatable bonds is 4. The van der Waals surface area contributed by atoms with Crippen LogP contribution in [0.2, 0.25) is 0 Å². The number of hydrogen-bond donors (Lipinski definition) is 2. The van der Waals surface area contributed by atoms with Gasteiger partial charge in [0.05, 0.1) is 5.92 Å². The van der Waals surface area contributed by atoms with E-state index in [9.17, 15) is 14.9 Å². The minimum absolute atomic E-state index is 0.0162. The second-order valence-electron chi connectivity index (χ2n) is 7.51. The molecular formula is C20H25N3O3. The van der Waals surface area contributed by atoms with Crippen molar-refractivity contribution in [1.82, 2.24) is 4.90 Å². The molecule has 1 fully saturated rings. The standard InChI is InChI=1S/C20H25N3O3/c1-20(2,3)16-6-4-5-7-17(16)22-13-15(12-21)18(24)23-10-8-14(9-11-23)19(25)26/h4-7,13-14,22H,8-11H2,1-3H3,(H,25,26)/b15-13-. The molecule has 0 atom stereocenters. The summed E-state index contributed by atoms with van der Waals surface area (Å²) >= 11 is 0. The van der Waals surface area contributed by atoms with Crippen molar-refractivity contribution < 1.29 is 14.7 Å².